The number of rotatable bonds is 13. The molecule has 0 bridgehead atoms. The first-order chi connectivity index (χ1) is 21.8. The molecular weight excluding hydrogens is 576 g/mol. The van der Waals surface area contributed by atoms with Gasteiger partial charge in [-0.3, -0.25) is 0 Å². The van der Waals surface area contributed by atoms with Crippen LogP contribution in [0.3, 0.4) is 0 Å². The van der Waals surface area contributed by atoms with Crippen LogP contribution < -0.4 is 0 Å². The Morgan fingerprint density at radius 2 is 0.778 bits per heavy atom. The molecular formula is C36H36O9. The van der Waals surface area contributed by atoms with Crippen molar-refractivity contribution in [2.24, 2.45) is 0 Å². The molecule has 0 saturated heterocycles. The van der Waals surface area contributed by atoms with E-state index in [1.165, 1.54) is 0 Å². The summed E-state index contributed by atoms with van der Waals surface area (Å²) in [4.78, 5) is 47.0. The molecule has 9 heteroatoms. The fourth-order valence-corrected chi connectivity index (χ4v) is 3.64. The molecule has 0 aliphatic heterocycles. The van der Waals surface area contributed by atoms with E-state index in [0.717, 1.165) is 0 Å². The lowest BCUT2D eigenvalue weighted by atomic mass is 10.2. The molecule has 0 aromatic heterocycles. The lowest BCUT2D eigenvalue weighted by Gasteiger charge is -2.17. The lowest BCUT2D eigenvalue weighted by molar-refractivity contribution is -0.0380. The number of benzene rings is 4. The molecule has 0 saturated carbocycles. The molecule has 45 heavy (non-hydrogen) atoms. The summed E-state index contributed by atoms with van der Waals surface area (Å²) in [5.41, 5.74) is 1.95. The third-order valence-corrected chi connectivity index (χ3v) is 5.96. The molecule has 4 rings (SSSR count). The van der Waals surface area contributed by atoms with Crippen molar-refractivity contribution >= 4 is 23.9 Å². The number of ether oxygens (including phenoxy) is 5. The van der Waals surface area contributed by atoms with Crippen molar-refractivity contribution in [3.63, 3.8) is 0 Å². The molecule has 0 aliphatic carbocycles. The molecule has 0 aliphatic rings. The summed E-state index contributed by atoms with van der Waals surface area (Å²) in [6, 6.07) is 34.9. The summed E-state index contributed by atoms with van der Waals surface area (Å²) in [6.45, 7) is 3.97. The van der Waals surface area contributed by atoms with Crippen molar-refractivity contribution in [2.75, 3.05) is 26.4 Å². The molecule has 4 aromatic rings. The van der Waals surface area contributed by atoms with E-state index in [9.17, 15) is 19.2 Å². The van der Waals surface area contributed by atoms with E-state index < -0.39 is 18.0 Å². The van der Waals surface area contributed by atoms with Crippen LogP contribution in [0, 0.1) is 0 Å². The fourth-order valence-electron chi connectivity index (χ4n) is 3.64. The Bertz CT molecular complexity index is 1410. The maximum absolute atomic E-state index is 11.9. The van der Waals surface area contributed by atoms with Crippen LogP contribution in [0.4, 0.5) is 0 Å². The van der Waals surface area contributed by atoms with Crippen LogP contribution in [0.15, 0.2) is 121 Å². The van der Waals surface area contributed by atoms with Crippen LogP contribution in [0.1, 0.15) is 55.3 Å². The van der Waals surface area contributed by atoms with Crippen molar-refractivity contribution in [2.45, 2.75) is 26.1 Å². The van der Waals surface area contributed by atoms with Gasteiger partial charge in [0, 0.05) is 0 Å². The van der Waals surface area contributed by atoms with Crippen molar-refractivity contribution in [3.05, 3.63) is 144 Å². The number of hydrogen-bond acceptors (Lipinski definition) is 9. The summed E-state index contributed by atoms with van der Waals surface area (Å²) in [7, 11) is 0. The minimum atomic E-state index is -0.429. The van der Waals surface area contributed by atoms with Gasteiger partial charge in [-0.25, -0.2) is 19.2 Å². The zero-order valence-corrected chi connectivity index (χ0v) is 25.2. The Balaban J connectivity index is 0.000000251. The molecule has 2 atom stereocenters. The number of carbonyl (C=O) groups excluding carboxylic acids is 4. The van der Waals surface area contributed by atoms with Gasteiger partial charge in [0.25, 0.3) is 0 Å². The highest BCUT2D eigenvalue weighted by Gasteiger charge is 2.15. The Hall–Kier alpha value is -5.28. The normalized spacial score (nSPS) is 11.5. The average molecular weight is 613 g/mol. The first-order valence-corrected chi connectivity index (χ1v) is 14.4. The predicted octanol–water partition coefficient (Wildman–Crippen LogP) is 6.19. The maximum Gasteiger partial charge on any atom is 0.338 e. The average Bonchev–Trinajstić information content (AvgIpc) is 3.09. The first kappa shape index (κ1) is 34.2. The largest absolute Gasteiger partial charge is 0.459 e. The lowest BCUT2D eigenvalue weighted by Crippen LogP contribution is -2.26. The van der Waals surface area contributed by atoms with E-state index in [2.05, 4.69) is 0 Å². The second-order valence-corrected chi connectivity index (χ2v) is 9.69. The van der Waals surface area contributed by atoms with E-state index in [1.807, 2.05) is 24.3 Å². The second-order valence-electron chi connectivity index (χ2n) is 9.69. The topological polar surface area (TPSA) is 114 Å². The van der Waals surface area contributed by atoms with Crippen LogP contribution >= 0.6 is 0 Å². The molecule has 0 heterocycles. The summed E-state index contributed by atoms with van der Waals surface area (Å²) in [5.74, 6) is -1.64. The number of carbonyl (C=O) groups is 4. The van der Waals surface area contributed by atoms with E-state index in [1.54, 1.807) is 111 Å². The molecule has 0 radical (unpaired) electrons. The monoisotopic (exact) mass is 612 g/mol. The quantitative estimate of drug-likeness (QED) is 0.0990. The molecule has 2 unspecified atom stereocenters. The smallest absolute Gasteiger partial charge is 0.338 e. The Kier molecular flexibility index (Phi) is 14.5. The van der Waals surface area contributed by atoms with Crippen molar-refractivity contribution < 1.29 is 42.9 Å². The molecule has 0 spiro atoms. The Morgan fingerprint density at radius 3 is 1.16 bits per heavy atom. The molecule has 0 N–H and O–H groups in total. The van der Waals surface area contributed by atoms with Crippen molar-refractivity contribution in [1.29, 1.82) is 0 Å². The SMILES string of the molecule is CC(COC(=O)c1ccccc1)OCC(C)OC(=O)c1ccccc1.O=C(OCCOC(=O)c1ccccc1)c1ccccc1. The highest BCUT2D eigenvalue weighted by Crippen LogP contribution is 2.07. The van der Waals surface area contributed by atoms with Gasteiger partial charge < -0.3 is 23.7 Å². The van der Waals surface area contributed by atoms with Gasteiger partial charge in [0.2, 0.25) is 0 Å². The first-order valence-electron chi connectivity index (χ1n) is 14.4. The van der Waals surface area contributed by atoms with Gasteiger partial charge in [-0.2, -0.15) is 0 Å². The molecule has 234 valence electrons. The third-order valence-electron chi connectivity index (χ3n) is 5.96. The summed E-state index contributed by atoms with van der Waals surface area (Å²) < 4.78 is 26.1. The van der Waals surface area contributed by atoms with Crippen molar-refractivity contribution in [1.82, 2.24) is 0 Å². The third kappa shape index (κ3) is 12.9. The van der Waals surface area contributed by atoms with Gasteiger partial charge in [-0.1, -0.05) is 72.8 Å². The number of hydrogen-bond donors (Lipinski definition) is 0. The van der Waals surface area contributed by atoms with Crippen LogP contribution in [-0.4, -0.2) is 62.5 Å². The highest BCUT2D eigenvalue weighted by atomic mass is 16.6. The van der Waals surface area contributed by atoms with Crippen LogP contribution in [-0.2, 0) is 23.7 Å². The summed E-state index contributed by atoms with van der Waals surface area (Å²) in [5, 5.41) is 0. The van der Waals surface area contributed by atoms with E-state index >= 15 is 0 Å². The van der Waals surface area contributed by atoms with Crippen LogP contribution in [0.5, 0.6) is 0 Å². The maximum atomic E-state index is 11.9. The fraction of sp³-hybridized carbons (Fsp3) is 0.222. The zero-order chi connectivity index (χ0) is 32.3. The standard InChI is InChI=1S/C20H22O5.C16H14O4/c1-15(13-24-19(21)17-9-5-3-6-10-17)23-14-16(2)25-20(22)18-11-7-4-8-12-18;17-15(13-7-3-1-4-8-13)19-11-12-20-16(18)14-9-5-2-6-10-14/h3-12,15-16H,13-14H2,1-2H3;1-10H,11-12H2. The van der Waals surface area contributed by atoms with Crippen molar-refractivity contribution in [3.8, 4) is 0 Å². The number of esters is 4. The van der Waals surface area contributed by atoms with Gasteiger partial charge in [0.05, 0.1) is 35.0 Å². The van der Waals surface area contributed by atoms with E-state index in [0.29, 0.717) is 22.3 Å². The Morgan fingerprint density at radius 1 is 0.444 bits per heavy atom. The van der Waals surface area contributed by atoms with Gasteiger partial charge in [0.1, 0.15) is 25.9 Å². The van der Waals surface area contributed by atoms with Gasteiger partial charge in [-0.05, 0) is 62.4 Å². The minimum absolute atomic E-state index is 0.0340. The molecule has 0 fully saturated rings. The molecule has 4 aromatic carbocycles. The van der Waals surface area contributed by atoms with E-state index in [-0.39, 0.29) is 44.5 Å². The molecule has 0 amide bonds. The van der Waals surface area contributed by atoms with Gasteiger partial charge in [0.15, 0.2) is 0 Å². The zero-order valence-electron chi connectivity index (χ0n) is 25.2. The predicted molar refractivity (Wildman–Crippen MR) is 167 cm³/mol. The highest BCUT2D eigenvalue weighted by molar-refractivity contribution is 5.90. The molecule has 9 nitrogen and oxygen atoms in total. The second kappa shape index (κ2) is 19.1. The van der Waals surface area contributed by atoms with Crippen LogP contribution in [0.25, 0.3) is 0 Å². The van der Waals surface area contributed by atoms with Crippen LogP contribution in [0.2, 0.25) is 0 Å². The van der Waals surface area contributed by atoms with Gasteiger partial charge >= 0.3 is 23.9 Å². The minimum Gasteiger partial charge on any atom is -0.459 e. The summed E-state index contributed by atoms with van der Waals surface area (Å²) >= 11 is 0. The Labute approximate surface area is 262 Å². The van der Waals surface area contributed by atoms with Gasteiger partial charge in [-0.15, -0.1) is 0 Å². The summed E-state index contributed by atoms with van der Waals surface area (Å²) in [6.07, 6.45) is -0.703. The van der Waals surface area contributed by atoms with E-state index in [4.69, 9.17) is 23.7 Å².